The minimum absolute atomic E-state index is 0.0788. The van der Waals surface area contributed by atoms with E-state index < -0.39 is 95.8 Å². The van der Waals surface area contributed by atoms with Crippen LogP contribution in [0.3, 0.4) is 0 Å². The first-order valence-corrected chi connectivity index (χ1v) is 28.4. The van der Waals surface area contributed by atoms with Gasteiger partial charge in [-0.05, 0) is 54.1 Å². The predicted molar refractivity (Wildman–Crippen MR) is 279 cm³/mol. The number of terminal acetylenes is 1. The number of ether oxygens (including phenoxy) is 4. The molecule has 79 heavy (non-hydrogen) atoms. The van der Waals surface area contributed by atoms with Crippen LogP contribution >= 0.6 is 54.0 Å². The average Bonchev–Trinajstić information content (AvgIpc) is 3.66. The summed E-state index contributed by atoms with van der Waals surface area (Å²) in [5, 5.41) is 34.9. The van der Waals surface area contributed by atoms with Crippen molar-refractivity contribution in [3.63, 3.8) is 0 Å². The Kier molecular flexibility index (Phi) is 28.2. The van der Waals surface area contributed by atoms with E-state index in [4.69, 9.17) is 82.5 Å². The number of rotatable bonds is 17. The summed E-state index contributed by atoms with van der Waals surface area (Å²) in [7, 11) is -7.08. The molecule has 1 aliphatic heterocycles. The summed E-state index contributed by atoms with van der Waals surface area (Å²) in [6.45, 7) is -6.54. The molecule has 1 aliphatic rings. The summed E-state index contributed by atoms with van der Waals surface area (Å²) in [4.78, 5) is 79.8. The van der Waals surface area contributed by atoms with Crippen molar-refractivity contribution in [3.05, 3.63) is 102 Å². The number of benzene rings is 3. The number of halogens is 8. The molecular formula is C43H45Cl4F4N8O17PS2. The largest absolute Gasteiger partial charge is 0.778 e. The average molecular weight is 1260 g/mol. The number of fused-ring (bicyclic) bond motifs is 1. The summed E-state index contributed by atoms with van der Waals surface area (Å²) < 4.78 is 106. The third-order valence-corrected chi connectivity index (χ3v) is 11.8. The van der Waals surface area contributed by atoms with Crippen LogP contribution in [0.15, 0.2) is 64.3 Å². The highest BCUT2D eigenvalue weighted by Crippen LogP contribution is 2.34. The van der Waals surface area contributed by atoms with Gasteiger partial charge in [-0.25, -0.2) is 32.3 Å². The van der Waals surface area contributed by atoms with E-state index >= 15 is 0 Å². The first kappa shape index (κ1) is 68.5. The Balaban J connectivity index is 0.000000379. The number of carbonyl (C=O) groups excluding carboxylic acids is 1. The second-order valence-electron chi connectivity index (χ2n) is 15.0. The number of carbonyl (C=O) groups is 4. The Morgan fingerprint density at radius 3 is 1.97 bits per heavy atom. The Labute approximate surface area is 468 Å². The van der Waals surface area contributed by atoms with Crippen molar-refractivity contribution >= 4 is 105 Å². The van der Waals surface area contributed by atoms with Crippen LogP contribution in [0.25, 0.3) is 5.69 Å². The number of anilines is 1. The number of aliphatic carboxylic acids is 1. The molecule has 36 heteroatoms. The lowest BCUT2D eigenvalue weighted by molar-refractivity contribution is -0.193. The number of hydrogen-bond acceptors (Lipinski definition) is 17. The first-order chi connectivity index (χ1) is 36.8. The van der Waals surface area contributed by atoms with Gasteiger partial charge in [-0.3, -0.25) is 20.0 Å². The van der Waals surface area contributed by atoms with Crippen molar-refractivity contribution in [1.29, 1.82) is 0 Å². The van der Waals surface area contributed by atoms with Crippen LogP contribution in [-0.4, -0.2) is 135 Å². The minimum Gasteiger partial charge on any atom is -0.778 e. The lowest BCUT2D eigenvalue weighted by Gasteiger charge is -2.14. The number of methoxy groups -OCH3 is 1. The number of aromatic carboxylic acids is 2. The third kappa shape index (κ3) is 23.7. The summed E-state index contributed by atoms with van der Waals surface area (Å²) in [5.41, 5.74) is -0.530. The highest BCUT2D eigenvalue weighted by molar-refractivity contribution is 7.94. The van der Waals surface area contributed by atoms with Gasteiger partial charge in [0.05, 0.1) is 76.1 Å². The molecule has 1 unspecified atom stereocenters. The number of carboxylic acids is 3. The van der Waals surface area contributed by atoms with Gasteiger partial charge in [0.1, 0.15) is 36.2 Å². The maximum absolute atomic E-state index is 12.5. The van der Waals surface area contributed by atoms with Crippen molar-refractivity contribution in [2.45, 2.75) is 43.9 Å². The fourth-order valence-corrected chi connectivity index (χ4v) is 8.13. The van der Waals surface area contributed by atoms with Gasteiger partial charge >= 0.3 is 42.9 Å². The van der Waals surface area contributed by atoms with Crippen LogP contribution in [0, 0.1) is 12.3 Å². The summed E-state index contributed by atoms with van der Waals surface area (Å²) >= 11 is 23.6. The molecule has 2 aromatic heterocycles. The molecule has 0 radical (unpaired) electrons. The standard InChI is InChI=1S/C15H13Cl2N3O2.C14H10F4N4O7S.C8H6Cl2O3.C3H8NO5P.C3H9S/c1-2-7-22-13-9-12(10(16)8-11(13)17)20-15(21)19-6-4-3-5-14(19)18-20;15-11(16)28-8-5-9(29-12(17)18)20-13(19-8)21-14(25)22-30(26,27)7-4-2-1-3-6(7)10(23)24;1-13-7-5(10)3-2-4(9)6(7)8(11)12;5-3(6)1-4-2-10(7,8)9;1-4(2)3/h1,8-9H,3-7H2;1-5,11-12H,(H,23,24)(H2,19,20,21,22,25);2-3H,1H3,(H,11,12);4H,1-2H2,(H,5,6)(H2,7,8,9);1-3H3/q;;;;+1/p-1. The van der Waals surface area contributed by atoms with Gasteiger partial charge < -0.3 is 48.6 Å². The second kappa shape index (κ2) is 32.5. The Hall–Kier alpha value is -6.59. The highest BCUT2D eigenvalue weighted by Gasteiger charge is 2.26. The topological polar surface area (TPSA) is 362 Å². The molecule has 0 bridgehead atoms. The second-order valence-corrected chi connectivity index (χ2v) is 22.3. The van der Waals surface area contributed by atoms with Gasteiger partial charge in [-0.2, -0.15) is 32.2 Å². The molecule has 0 fully saturated rings. The van der Waals surface area contributed by atoms with Crippen molar-refractivity contribution in [2.75, 3.05) is 50.6 Å². The van der Waals surface area contributed by atoms with E-state index in [1.54, 1.807) is 16.0 Å². The van der Waals surface area contributed by atoms with Crippen molar-refractivity contribution in [1.82, 2.24) is 34.4 Å². The molecule has 6 rings (SSSR count). The van der Waals surface area contributed by atoms with E-state index in [0.717, 1.165) is 37.2 Å². The van der Waals surface area contributed by atoms with Crippen LogP contribution in [0.2, 0.25) is 20.1 Å². The molecule has 3 aromatic carbocycles. The Bertz CT molecular complexity index is 3180. The van der Waals surface area contributed by atoms with Crippen LogP contribution < -0.4 is 44.9 Å². The van der Waals surface area contributed by atoms with Crippen molar-refractivity contribution < 1.29 is 93.8 Å². The molecule has 0 aliphatic carbocycles. The Morgan fingerprint density at radius 1 is 0.899 bits per heavy atom. The zero-order chi connectivity index (χ0) is 59.9. The number of aryl methyl sites for hydroxylation is 1. The first-order valence-electron chi connectivity index (χ1n) is 21.2. The number of carboxylic acid groups (broad SMARTS) is 3. The molecule has 0 spiro atoms. The van der Waals surface area contributed by atoms with Crippen molar-refractivity contribution in [3.8, 4) is 41.3 Å². The van der Waals surface area contributed by atoms with Crippen LogP contribution in [0.5, 0.6) is 23.3 Å². The number of alkyl halides is 4. The molecule has 2 amide bonds. The molecule has 3 heterocycles. The molecular weight excluding hydrogens is 1210 g/mol. The van der Waals surface area contributed by atoms with E-state index in [1.165, 1.54) is 46.8 Å². The number of nitrogens with zero attached hydrogens (tertiary/aromatic N) is 5. The maximum atomic E-state index is 12.5. The lowest BCUT2D eigenvalue weighted by Crippen LogP contribution is -2.35. The fraction of sp³-hybridized carbons (Fsp3) is 0.302. The minimum atomic E-state index is -4.71. The van der Waals surface area contributed by atoms with E-state index in [-0.39, 0.29) is 33.7 Å². The number of amides is 2. The normalized spacial score (nSPS) is 12.2. The number of urea groups is 1. The van der Waals surface area contributed by atoms with E-state index in [0.29, 0.717) is 45.0 Å². The van der Waals surface area contributed by atoms with Gasteiger partial charge in [0.25, 0.3) is 10.0 Å². The van der Waals surface area contributed by atoms with Crippen LogP contribution in [0.4, 0.5) is 28.3 Å². The fourth-order valence-electron chi connectivity index (χ4n) is 5.65. The zero-order valence-corrected chi connectivity index (χ0v) is 46.5. The van der Waals surface area contributed by atoms with Gasteiger partial charge in [-0.1, -0.05) is 64.5 Å². The van der Waals surface area contributed by atoms with E-state index in [2.05, 4.69) is 49.2 Å². The van der Waals surface area contributed by atoms with Crippen molar-refractivity contribution in [2.24, 2.45) is 0 Å². The number of sulfonamides is 1. The molecule has 1 atom stereocenters. The quantitative estimate of drug-likeness (QED) is 0.0245. The SMILES string of the molecule is C#CCOc1cc(-n2nc3n(c2=O)CCCC3)c(Cl)cc1Cl.COc1c(Cl)ccc(Cl)c1C(=O)O.C[S+](C)C.O=C(Nc1nc(OC(F)F)cc(OC(F)F)n1)NS(=O)(=O)c1ccccc1C(=O)O.O=C(O)CNCP(=O)([O-])O. The van der Waals surface area contributed by atoms with Crippen LogP contribution in [0.1, 0.15) is 39.4 Å². The number of nitrogens with one attached hydrogen (secondary N) is 3. The molecule has 0 saturated heterocycles. The molecule has 0 saturated carbocycles. The van der Waals surface area contributed by atoms with Crippen LogP contribution in [-0.2, 0) is 43.2 Å². The van der Waals surface area contributed by atoms with Gasteiger partial charge in [0.2, 0.25) is 17.7 Å². The maximum Gasteiger partial charge on any atom is 0.388 e. The summed E-state index contributed by atoms with van der Waals surface area (Å²) in [6.07, 6.45) is 13.8. The lowest BCUT2D eigenvalue weighted by atomic mass is 10.2. The van der Waals surface area contributed by atoms with Gasteiger partial charge in [0, 0.05) is 19.0 Å². The van der Waals surface area contributed by atoms with Gasteiger partial charge in [0.15, 0.2) is 5.75 Å². The Morgan fingerprint density at radius 2 is 1.48 bits per heavy atom. The summed E-state index contributed by atoms with van der Waals surface area (Å²) in [6, 6.07) is 9.23. The summed E-state index contributed by atoms with van der Waals surface area (Å²) in [5.74, 6) is -3.20. The number of aromatic nitrogens is 5. The van der Waals surface area contributed by atoms with E-state index in [1.807, 2.05) is 5.32 Å². The monoisotopic (exact) mass is 1260 g/mol. The smallest absolute Gasteiger partial charge is 0.388 e. The number of hydrogen-bond donors (Lipinski definition) is 7. The third-order valence-electron chi connectivity index (χ3n) is 8.53. The molecule has 7 N–H and O–H groups in total. The van der Waals surface area contributed by atoms with Gasteiger partial charge in [-0.15, -0.1) is 11.5 Å². The molecule has 432 valence electrons. The highest BCUT2D eigenvalue weighted by atomic mass is 35.5. The predicted octanol–water partition coefficient (Wildman–Crippen LogP) is 5.94. The zero-order valence-electron chi connectivity index (χ0n) is 41.0. The molecule has 5 aromatic rings. The molecule has 25 nitrogen and oxygen atoms in total. The van der Waals surface area contributed by atoms with E-state index in [9.17, 15) is 59.4 Å².